The lowest BCUT2D eigenvalue weighted by molar-refractivity contribution is -0.143. The summed E-state index contributed by atoms with van der Waals surface area (Å²) in [5.41, 5.74) is 0. The maximum Gasteiger partial charge on any atom is 0.305 e. The van der Waals surface area contributed by atoms with Crippen LogP contribution in [0.1, 0.15) is 412 Å². The molecule has 0 radical (unpaired) electrons. The van der Waals surface area contributed by atoms with E-state index in [0.717, 1.165) is 38.5 Å². The Kier molecular flexibility index (Phi) is 66.9. The first-order chi connectivity index (χ1) is 38.5. The molecular weight excluding hydrogens is 959 g/mol. The van der Waals surface area contributed by atoms with Gasteiger partial charge in [-0.1, -0.05) is 360 Å². The van der Waals surface area contributed by atoms with Crippen molar-refractivity contribution in [1.82, 2.24) is 5.32 Å². The smallest absolute Gasteiger partial charge is 0.305 e. The quantitative estimate of drug-likeness (QED) is 0.0320. The minimum Gasteiger partial charge on any atom is -0.466 e. The van der Waals surface area contributed by atoms with Crippen molar-refractivity contribution in [2.24, 2.45) is 0 Å². The van der Waals surface area contributed by atoms with Crippen LogP contribution in [0.25, 0.3) is 0 Å². The van der Waals surface area contributed by atoms with Gasteiger partial charge in [0.05, 0.1) is 25.4 Å². The molecule has 2 atom stereocenters. The summed E-state index contributed by atoms with van der Waals surface area (Å²) in [5.74, 6) is -0.00938. The fourth-order valence-corrected chi connectivity index (χ4v) is 11.6. The Morgan fingerprint density at radius 1 is 0.346 bits per heavy atom. The van der Waals surface area contributed by atoms with Crippen LogP contribution in [0.3, 0.4) is 0 Å². The van der Waals surface area contributed by atoms with E-state index < -0.39 is 12.1 Å². The number of nitrogens with one attached hydrogen (secondary N) is 1. The van der Waals surface area contributed by atoms with Crippen LogP contribution < -0.4 is 5.32 Å². The van der Waals surface area contributed by atoms with Gasteiger partial charge in [-0.05, 0) is 51.4 Å². The second-order valence-electron chi connectivity index (χ2n) is 24.9. The highest BCUT2D eigenvalue weighted by Gasteiger charge is 2.20. The van der Waals surface area contributed by atoms with E-state index in [2.05, 4.69) is 31.3 Å². The lowest BCUT2D eigenvalue weighted by Crippen LogP contribution is -2.45. The first-order valence-electron chi connectivity index (χ1n) is 35.9. The number of carbonyl (C=O) groups excluding carboxylic acids is 2. The van der Waals surface area contributed by atoms with Gasteiger partial charge < -0.3 is 20.3 Å². The summed E-state index contributed by atoms with van der Waals surface area (Å²) in [7, 11) is 0. The molecule has 2 unspecified atom stereocenters. The van der Waals surface area contributed by atoms with Gasteiger partial charge in [0.2, 0.25) is 5.91 Å². The standard InChI is InChI=1S/C72H141NO5/c1-3-5-7-9-11-13-15-17-19-20-31-35-38-42-46-50-54-58-62-66-72(77)78-67-63-59-55-51-47-43-39-36-33-30-28-26-24-22-21-23-25-27-29-32-34-37-41-45-49-53-57-61-65-71(76)73-69(68-74)70(75)64-60-56-52-48-44-40-18-16-14-12-10-8-6-4-2/h17,19,69-70,74-75H,3-16,18,20-68H2,1-2H3,(H,73,76)/b19-17-. The molecule has 0 heterocycles. The topological polar surface area (TPSA) is 95.9 Å². The zero-order valence-corrected chi connectivity index (χ0v) is 53.2. The monoisotopic (exact) mass is 1100 g/mol. The molecule has 0 saturated heterocycles. The predicted molar refractivity (Wildman–Crippen MR) is 343 cm³/mol. The maximum absolute atomic E-state index is 12.5. The number of hydrogen-bond donors (Lipinski definition) is 3. The van der Waals surface area contributed by atoms with Gasteiger partial charge >= 0.3 is 5.97 Å². The molecule has 0 aliphatic rings. The highest BCUT2D eigenvalue weighted by molar-refractivity contribution is 5.76. The lowest BCUT2D eigenvalue weighted by atomic mass is 10.0. The van der Waals surface area contributed by atoms with E-state index in [1.165, 1.54) is 340 Å². The van der Waals surface area contributed by atoms with Crippen molar-refractivity contribution < 1.29 is 24.5 Å². The van der Waals surface area contributed by atoms with Gasteiger partial charge in [0.1, 0.15) is 0 Å². The number of aliphatic hydroxyl groups is 2. The summed E-state index contributed by atoms with van der Waals surface area (Å²) in [5, 5.41) is 23.3. The maximum atomic E-state index is 12.5. The summed E-state index contributed by atoms with van der Waals surface area (Å²) in [6.45, 7) is 4.99. The van der Waals surface area contributed by atoms with Gasteiger partial charge in [-0.15, -0.1) is 0 Å². The molecule has 464 valence electrons. The normalized spacial score (nSPS) is 12.5. The fourth-order valence-electron chi connectivity index (χ4n) is 11.6. The summed E-state index contributed by atoms with van der Waals surface area (Å²) in [6.07, 6.45) is 84.1. The Labute approximate surface area is 489 Å². The first kappa shape index (κ1) is 76.6. The van der Waals surface area contributed by atoms with E-state index in [0.29, 0.717) is 25.9 Å². The van der Waals surface area contributed by atoms with Crippen LogP contribution in [-0.2, 0) is 14.3 Å². The van der Waals surface area contributed by atoms with Crippen LogP contribution in [0.2, 0.25) is 0 Å². The molecule has 0 aliphatic heterocycles. The average Bonchev–Trinajstić information content (AvgIpc) is 3.44. The van der Waals surface area contributed by atoms with Gasteiger partial charge in [-0.3, -0.25) is 9.59 Å². The third kappa shape index (κ3) is 63.8. The van der Waals surface area contributed by atoms with Crippen molar-refractivity contribution in [3.63, 3.8) is 0 Å². The van der Waals surface area contributed by atoms with E-state index >= 15 is 0 Å². The molecule has 0 aromatic carbocycles. The van der Waals surface area contributed by atoms with E-state index in [1.807, 2.05) is 0 Å². The third-order valence-corrected chi connectivity index (χ3v) is 17.1. The van der Waals surface area contributed by atoms with E-state index in [-0.39, 0.29) is 18.5 Å². The number of rotatable bonds is 68. The summed E-state index contributed by atoms with van der Waals surface area (Å²) >= 11 is 0. The number of ether oxygens (including phenoxy) is 1. The lowest BCUT2D eigenvalue weighted by Gasteiger charge is -2.22. The molecule has 0 aromatic heterocycles. The van der Waals surface area contributed by atoms with Crippen LogP contribution in [-0.4, -0.2) is 47.4 Å². The van der Waals surface area contributed by atoms with E-state index in [9.17, 15) is 19.8 Å². The molecule has 0 aromatic rings. The zero-order chi connectivity index (χ0) is 56.4. The summed E-state index contributed by atoms with van der Waals surface area (Å²) in [4.78, 5) is 24.6. The molecule has 0 bridgehead atoms. The van der Waals surface area contributed by atoms with Crippen molar-refractivity contribution in [2.75, 3.05) is 13.2 Å². The van der Waals surface area contributed by atoms with Crippen LogP contribution >= 0.6 is 0 Å². The number of amides is 1. The minimum absolute atomic E-state index is 0.0194. The minimum atomic E-state index is -0.661. The molecule has 0 fully saturated rings. The van der Waals surface area contributed by atoms with Gasteiger partial charge in [0, 0.05) is 12.8 Å². The van der Waals surface area contributed by atoms with Crippen molar-refractivity contribution in [2.45, 2.75) is 424 Å². The van der Waals surface area contributed by atoms with Crippen LogP contribution in [0.4, 0.5) is 0 Å². The SMILES string of the molecule is CCCCCCCC/C=C\CCCCCCCCCCCC(=O)OCCCCCCCCCCCCCCCCCCCCCCCCCCCCCCC(=O)NC(CO)C(O)CCCCCCCCCCCCCCCC. The molecule has 0 spiro atoms. The van der Waals surface area contributed by atoms with Gasteiger partial charge in [-0.25, -0.2) is 0 Å². The number of unbranched alkanes of at least 4 members (excludes halogenated alkanes) is 55. The summed E-state index contributed by atoms with van der Waals surface area (Å²) in [6, 6.07) is -0.538. The molecule has 0 aliphatic carbocycles. The van der Waals surface area contributed by atoms with Crippen LogP contribution in [0.5, 0.6) is 0 Å². The second kappa shape index (κ2) is 68.1. The van der Waals surface area contributed by atoms with Crippen molar-refractivity contribution in [1.29, 1.82) is 0 Å². The highest BCUT2D eigenvalue weighted by atomic mass is 16.5. The van der Waals surface area contributed by atoms with Crippen molar-refractivity contribution in [3.05, 3.63) is 12.2 Å². The summed E-state index contributed by atoms with van der Waals surface area (Å²) < 4.78 is 5.51. The Hall–Kier alpha value is -1.40. The first-order valence-corrected chi connectivity index (χ1v) is 35.9. The molecule has 6 nitrogen and oxygen atoms in total. The van der Waals surface area contributed by atoms with Crippen molar-refractivity contribution in [3.8, 4) is 0 Å². The molecule has 0 saturated carbocycles. The van der Waals surface area contributed by atoms with E-state index in [4.69, 9.17) is 4.74 Å². The molecule has 78 heavy (non-hydrogen) atoms. The molecular formula is C72H141NO5. The molecule has 6 heteroatoms. The number of allylic oxidation sites excluding steroid dienone is 2. The predicted octanol–water partition coefficient (Wildman–Crippen LogP) is 23.1. The number of hydrogen-bond acceptors (Lipinski definition) is 5. The third-order valence-electron chi connectivity index (χ3n) is 17.1. The number of carbonyl (C=O) groups is 2. The van der Waals surface area contributed by atoms with Crippen LogP contribution in [0.15, 0.2) is 12.2 Å². The fraction of sp³-hybridized carbons (Fsp3) is 0.944. The number of esters is 1. The molecule has 1 amide bonds. The van der Waals surface area contributed by atoms with Crippen molar-refractivity contribution >= 4 is 11.9 Å². The molecule has 3 N–H and O–H groups in total. The Bertz CT molecular complexity index is 1180. The van der Waals surface area contributed by atoms with Crippen LogP contribution in [0, 0.1) is 0 Å². The average molecular weight is 1100 g/mol. The zero-order valence-electron chi connectivity index (χ0n) is 53.2. The Morgan fingerprint density at radius 2 is 0.603 bits per heavy atom. The Balaban J connectivity index is 3.31. The van der Waals surface area contributed by atoms with Gasteiger partial charge in [0.15, 0.2) is 0 Å². The largest absolute Gasteiger partial charge is 0.466 e. The van der Waals surface area contributed by atoms with Gasteiger partial charge in [0.25, 0.3) is 0 Å². The second-order valence-corrected chi connectivity index (χ2v) is 24.9. The highest BCUT2D eigenvalue weighted by Crippen LogP contribution is 2.19. The number of aliphatic hydroxyl groups excluding tert-OH is 2. The van der Waals surface area contributed by atoms with Gasteiger partial charge in [-0.2, -0.15) is 0 Å². The molecule has 0 rings (SSSR count). The Morgan fingerprint density at radius 3 is 0.910 bits per heavy atom. The van der Waals surface area contributed by atoms with E-state index in [1.54, 1.807) is 0 Å².